The van der Waals surface area contributed by atoms with Crippen LogP contribution in [-0.2, 0) is 16.0 Å². The van der Waals surface area contributed by atoms with Crippen molar-refractivity contribution in [3.8, 4) is 0 Å². The number of pyridine rings is 1. The molecule has 88 valence electrons. The number of nitrogens with zero attached hydrogens (tertiary/aromatic N) is 1. The lowest BCUT2D eigenvalue weighted by molar-refractivity contribution is -0.143. The molecule has 0 aromatic carbocycles. The van der Waals surface area contributed by atoms with Crippen LogP contribution < -0.4 is 0 Å². The van der Waals surface area contributed by atoms with Gasteiger partial charge < -0.3 is 4.74 Å². The molecule has 0 unspecified atom stereocenters. The maximum Gasteiger partial charge on any atom is 0.305 e. The van der Waals surface area contributed by atoms with E-state index in [-0.39, 0.29) is 11.8 Å². The number of rotatable bonds is 5. The minimum Gasteiger partial charge on any atom is -0.466 e. The molecule has 1 rings (SSSR count). The zero-order valence-electron chi connectivity index (χ0n) is 9.62. The summed E-state index contributed by atoms with van der Waals surface area (Å²) >= 11 is 0. The number of hydrogen-bond donors (Lipinski definition) is 0. The lowest BCUT2D eigenvalue weighted by atomic mass is 10.1. The first-order valence-electron chi connectivity index (χ1n) is 5.41. The third kappa shape index (κ3) is 3.96. The van der Waals surface area contributed by atoms with Gasteiger partial charge in [0, 0.05) is 12.1 Å². The minimum absolute atomic E-state index is 0.193. The van der Waals surface area contributed by atoms with Crippen molar-refractivity contribution in [3.63, 3.8) is 0 Å². The molecule has 1 heterocycles. The first-order chi connectivity index (χ1) is 7.63. The Morgan fingerprint density at radius 2 is 2.25 bits per heavy atom. The van der Waals surface area contributed by atoms with Crippen molar-refractivity contribution in [3.05, 3.63) is 29.3 Å². The summed E-state index contributed by atoms with van der Waals surface area (Å²) in [5, 5.41) is 0. The SMILES string of the molecule is CCOC(=O)CCCc1ccc(F)c(C)n1. The Bertz CT molecular complexity index is 366. The molecule has 4 heteroatoms. The van der Waals surface area contributed by atoms with E-state index in [1.165, 1.54) is 6.07 Å². The molecular weight excluding hydrogens is 209 g/mol. The lowest BCUT2D eigenvalue weighted by Gasteiger charge is -2.03. The Morgan fingerprint density at radius 3 is 2.88 bits per heavy atom. The summed E-state index contributed by atoms with van der Waals surface area (Å²) in [6.45, 7) is 3.82. The number of aromatic nitrogens is 1. The van der Waals surface area contributed by atoms with E-state index >= 15 is 0 Å². The quantitative estimate of drug-likeness (QED) is 0.722. The molecule has 1 aromatic heterocycles. The summed E-state index contributed by atoms with van der Waals surface area (Å²) in [4.78, 5) is 15.1. The van der Waals surface area contributed by atoms with Crippen LogP contribution in [0.2, 0.25) is 0 Å². The van der Waals surface area contributed by atoms with Gasteiger partial charge in [-0.3, -0.25) is 9.78 Å². The average molecular weight is 225 g/mol. The Balaban J connectivity index is 2.37. The molecule has 3 nitrogen and oxygen atoms in total. The van der Waals surface area contributed by atoms with Crippen molar-refractivity contribution in [1.82, 2.24) is 4.98 Å². The molecule has 0 aliphatic heterocycles. The fraction of sp³-hybridized carbons (Fsp3) is 0.500. The van der Waals surface area contributed by atoms with E-state index in [1.807, 2.05) is 0 Å². The normalized spacial score (nSPS) is 10.2. The predicted octanol–water partition coefficient (Wildman–Crippen LogP) is 2.41. The van der Waals surface area contributed by atoms with Gasteiger partial charge in [0.15, 0.2) is 0 Å². The summed E-state index contributed by atoms with van der Waals surface area (Å²) in [5.41, 5.74) is 1.21. The number of halogens is 1. The second-order valence-corrected chi connectivity index (χ2v) is 3.53. The molecule has 0 spiro atoms. The molecule has 0 fully saturated rings. The highest BCUT2D eigenvalue weighted by molar-refractivity contribution is 5.69. The molecule has 0 saturated heterocycles. The highest BCUT2D eigenvalue weighted by Crippen LogP contribution is 2.07. The topological polar surface area (TPSA) is 39.2 Å². The minimum atomic E-state index is -0.297. The number of carbonyl (C=O) groups is 1. The number of hydrogen-bond acceptors (Lipinski definition) is 3. The van der Waals surface area contributed by atoms with E-state index in [0.29, 0.717) is 31.6 Å². The monoisotopic (exact) mass is 225 g/mol. The van der Waals surface area contributed by atoms with Crippen molar-refractivity contribution in [2.75, 3.05) is 6.61 Å². The second-order valence-electron chi connectivity index (χ2n) is 3.53. The number of aryl methyl sites for hydroxylation is 2. The predicted molar refractivity (Wildman–Crippen MR) is 58.5 cm³/mol. The Kier molecular flexibility index (Phi) is 4.89. The van der Waals surface area contributed by atoms with Crippen LogP contribution >= 0.6 is 0 Å². The molecule has 0 saturated carbocycles. The van der Waals surface area contributed by atoms with Crippen molar-refractivity contribution in [2.45, 2.75) is 33.1 Å². The van der Waals surface area contributed by atoms with E-state index < -0.39 is 0 Å². The van der Waals surface area contributed by atoms with Gasteiger partial charge in [0.1, 0.15) is 5.82 Å². The molecule has 0 atom stereocenters. The summed E-state index contributed by atoms with van der Waals surface area (Å²) < 4.78 is 17.7. The molecule has 1 aromatic rings. The van der Waals surface area contributed by atoms with Crippen LogP contribution in [0.5, 0.6) is 0 Å². The molecule has 0 aliphatic carbocycles. The largest absolute Gasteiger partial charge is 0.466 e. The van der Waals surface area contributed by atoms with Gasteiger partial charge in [-0.1, -0.05) is 0 Å². The Morgan fingerprint density at radius 1 is 1.50 bits per heavy atom. The molecular formula is C12H16FNO2. The molecule has 0 radical (unpaired) electrons. The van der Waals surface area contributed by atoms with E-state index in [0.717, 1.165) is 5.69 Å². The first kappa shape index (κ1) is 12.6. The average Bonchev–Trinajstić information content (AvgIpc) is 2.24. The Labute approximate surface area is 94.6 Å². The third-order valence-corrected chi connectivity index (χ3v) is 2.20. The van der Waals surface area contributed by atoms with Crippen LogP contribution in [0, 0.1) is 12.7 Å². The van der Waals surface area contributed by atoms with Gasteiger partial charge in [-0.05, 0) is 38.8 Å². The smallest absolute Gasteiger partial charge is 0.305 e. The zero-order valence-corrected chi connectivity index (χ0v) is 9.62. The van der Waals surface area contributed by atoms with E-state index in [4.69, 9.17) is 4.74 Å². The van der Waals surface area contributed by atoms with Crippen molar-refractivity contribution >= 4 is 5.97 Å². The van der Waals surface area contributed by atoms with Gasteiger partial charge in [0.25, 0.3) is 0 Å². The van der Waals surface area contributed by atoms with Crippen molar-refractivity contribution in [2.24, 2.45) is 0 Å². The van der Waals surface area contributed by atoms with Crippen LogP contribution in [0.1, 0.15) is 31.2 Å². The summed E-state index contributed by atoms with van der Waals surface area (Å²) in [6, 6.07) is 3.05. The molecule has 0 aliphatic rings. The summed E-state index contributed by atoms with van der Waals surface area (Å²) in [7, 11) is 0. The summed E-state index contributed by atoms with van der Waals surface area (Å²) in [6.07, 6.45) is 1.72. The molecule has 16 heavy (non-hydrogen) atoms. The standard InChI is InChI=1S/C12H16FNO2/c1-3-16-12(15)6-4-5-10-7-8-11(13)9(2)14-10/h7-8H,3-6H2,1-2H3. The third-order valence-electron chi connectivity index (χ3n) is 2.20. The van der Waals surface area contributed by atoms with Crippen LogP contribution in [0.25, 0.3) is 0 Å². The maximum absolute atomic E-state index is 12.9. The molecule has 0 bridgehead atoms. The van der Waals surface area contributed by atoms with Crippen LogP contribution in [0.3, 0.4) is 0 Å². The Hall–Kier alpha value is -1.45. The molecule has 0 amide bonds. The van der Waals surface area contributed by atoms with Gasteiger partial charge in [-0.15, -0.1) is 0 Å². The van der Waals surface area contributed by atoms with Gasteiger partial charge >= 0.3 is 5.97 Å². The number of carbonyl (C=O) groups excluding carboxylic acids is 1. The van der Waals surface area contributed by atoms with E-state index in [1.54, 1.807) is 19.9 Å². The zero-order chi connectivity index (χ0) is 12.0. The molecule has 0 N–H and O–H groups in total. The van der Waals surface area contributed by atoms with Gasteiger partial charge in [0.05, 0.1) is 12.3 Å². The first-order valence-corrected chi connectivity index (χ1v) is 5.41. The fourth-order valence-electron chi connectivity index (χ4n) is 1.38. The van der Waals surface area contributed by atoms with E-state index in [2.05, 4.69) is 4.98 Å². The van der Waals surface area contributed by atoms with Crippen LogP contribution in [-0.4, -0.2) is 17.6 Å². The second kappa shape index (κ2) is 6.20. The van der Waals surface area contributed by atoms with Gasteiger partial charge in [-0.25, -0.2) is 4.39 Å². The van der Waals surface area contributed by atoms with E-state index in [9.17, 15) is 9.18 Å². The van der Waals surface area contributed by atoms with Gasteiger partial charge in [-0.2, -0.15) is 0 Å². The van der Waals surface area contributed by atoms with Crippen LogP contribution in [0.4, 0.5) is 4.39 Å². The summed E-state index contributed by atoms with van der Waals surface area (Å²) in [5.74, 6) is -0.490. The lowest BCUT2D eigenvalue weighted by Crippen LogP contribution is -2.04. The highest BCUT2D eigenvalue weighted by Gasteiger charge is 2.04. The van der Waals surface area contributed by atoms with Crippen LogP contribution in [0.15, 0.2) is 12.1 Å². The number of ether oxygens (including phenoxy) is 1. The van der Waals surface area contributed by atoms with Crippen molar-refractivity contribution in [1.29, 1.82) is 0 Å². The van der Waals surface area contributed by atoms with Gasteiger partial charge in [0.2, 0.25) is 0 Å². The van der Waals surface area contributed by atoms with Crippen molar-refractivity contribution < 1.29 is 13.9 Å². The maximum atomic E-state index is 12.9. The number of esters is 1. The highest BCUT2D eigenvalue weighted by atomic mass is 19.1. The fourth-order valence-corrected chi connectivity index (χ4v) is 1.38.